The van der Waals surface area contributed by atoms with Gasteiger partial charge in [-0.3, -0.25) is 4.79 Å². The summed E-state index contributed by atoms with van der Waals surface area (Å²) in [6.45, 7) is 4.37. The smallest absolute Gasteiger partial charge is 0.168 e. The van der Waals surface area contributed by atoms with Gasteiger partial charge in [-0.15, -0.1) is 0 Å². The average Bonchev–Trinajstić information content (AvgIpc) is 2.84. The normalized spacial score (nSPS) is 17.6. The lowest BCUT2D eigenvalue weighted by molar-refractivity contribution is -0.142. The number of rotatable bonds is 5. The molecule has 0 unspecified atom stereocenters. The molecular formula is C16H21FO2. The highest BCUT2D eigenvalue weighted by Crippen LogP contribution is 2.35. The third kappa shape index (κ3) is 3.03. The molecule has 0 N–H and O–H groups in total. The minimum atomic E-state index is -0.618. The molecule has 19 heavy (non-hydrogen) atoms. The fourth-order valence-electron chi connectivity index (χ4n) is 2.89. The first-order chi connectivity index (χ1) is 9.07. The van der Waals surface area contributed by atoms with Crippen LogP contribution in [-0.4, -0.2) is 18.0 Å². The second-order valence-corrected chi connectivity index (χ2v) is 5.31. The minimum Gasteiger partial charge on any atom is -0.367 e. The van der Waals surface area contributed by atoms with Gasteiger partial charge >= 0.3 is 0 Å². The number of Topliss-reactive ketones (excluding diaryl/α,β-unsaturated/α-hetero) is 1. The van der Waals surface area contributed by atoms with Crippen LogP contribution in [0.1, 0.15) is 43.7 Å². The molecule has 0 radical (unpaired) electrons. The average molecular weight is 264 g/mol. The third-order valence-electron chi connectivity index (χ3n) is 4.00. The van der Waals surface area contributed by atoms with Gasteiger partial charge < -0.3 is 4.74 Å². The van der Waals surface area contributed by atoms with Crippen molar-refractivity contribution in [1.29, 1.82) is 0 Å². The summed E-state index contributed by atoms with van der Waals surface area (Å²) in [4.78, 5) is 12.5. The van der Waals surface area contributed by atoms with E-state index in [0.29, 0.717) is 6.61 Å². The van der Waals surface area contributed by atoms with E-state index in [1.165, 1.54) is 12.1 Å². The highest BCUT2D eigenvalue weighted by molar-refractivity contribution is 5.89. The van der Waals surface area contributed by atoms with Crippen LogP contribution in [0.2, 0.25) is 0 Å². The van der Waals surface area contributed by atoms with Crippen LogP contribution in [-0.2, 0) is 16.0 Å². The van der Waals surface area contributed by atoms with Crippen LogP contribution >= 0.6 is 0 Å². The predicted molar refractivity (Wildman–Crippen MR) is 72.7 cm³/mol. The Labute approximate surface area is 114 Å². The van der Waals surface area contributed by atoms with Crippen molar-refractivity contribution in [3.63, 3.8) is 0 Å². The maximum Gasteiger partial charge on any atom is 0.168 e. The minimum absolute atomic E-state index is 0.0977. The van der Waals surface area contributed by atoms with Gasteiger partial charge in [0.05, 0.1) is 0 Å². The molecule has 1 fully saturated rings. The molecular weight excluding hydrogens is 243 g/mol. The van der Waals surface area contributed by atoms with E-state index in [4.69, 9.17) is 4.74 Å². The number of aryl methyl sites for hydroxylation is 1. The number of ether oxygens (including phenoxy) is 1. The first-order valence-corrected chi connectivity index (χ1v) is 7.00. The Kier molecular flexibility index (Phi) is 4.35. The Bertz CT molecular complexity index is 462. The molecule has 104 valence electrons. The number of carbonyl (C=O) groups is 1. The first-order valence-electron chi connectivity index (χ1n) is 7.00. The quantitative estimate of drug-likeness (QED) is 0.812. The van der Waals surface area contributed by atoms with Gasteiger partial charge in [-0.05, 0) is 62.8 Å². The van der Waals surface area contributed by atoms with Gasteiger partial charge in [0.25, 0.3) is 0 Å². The standard InChI is InChI=1S/C16H21FO2/c1-3-19-16(8-4-5-9-16)15(18)11-13-10-14(17)7-6-12(13)2/h6-7,10H,3-5,8-9,11H2,1-2H3. The molecule has 1 aromatic rings. The van der Waals surface area contributed by atoms with E-state index in [9.17, 15) is 9.18 Å². The Hall–Kier alpha value is -1.22. The zero-order chi connectivity index (χ0) is 13.9. The SMILES string of the molecule is CCOC1(C(=O)Cc2cc(F)ccc2C)CCCC1. The van der Waals surface area contributed by atoms with Crippen LogP contribution in [0.15, 0.2) is 18.2 Å². The molecule has 1 aliphatic carbocycles. The molecule has 1 saturated carbocycles. The van der Waals surface area contributed by atoms with Gasteiger partial charge in [-0.1, -0.05) is 6.07 Å². The maximum atomic E-state index is 13.3. The van der Waals surface area contributed by atoms with Gasteiger partial charge in [0.1, 0.15) is 11.4 Å². The number of halogens is 1. The number of carbonyl (C=O) groups excluding carboxylic acids is 1. The van der Waals surface area contributed by atoms with E-state index in [1.807, 2.05) is 13.8 Å². The van der Waals surface area contributed by atoms with Crippen molar-refractivity contribution in [2.45, 2.75) is 51.6 Å². The largest absolute Gasteiger partial charge is 0.367 e. The van der Waals surface area contributed by atoms with Crippen molar-refractivity contribution in [3.05, 3.63) is 35.1 Å². The molecule has 0 saturated heterocycles. The van der Waals surface area contributed by atoms with Gasteiger partial charge in [-0.2, -0.15) is 0 Å². The van der Waals surface area contributed by atoms with Crippen molar-refractivity contribution >= 4 is 5.78 Å². The molecule has 3 heteroatoms. The summed E-state index contributed by atoms with van der Waals surface area (Å²) >= 11 is 0. The van der Waals surface area contributed by atoms with E-state index in [0.717, 1.165) is 36.8 Å². The molecule has 0 bridgehead atoms. The summed E-state index contributed by atoms with van der Waals surface area (Å²) in [5.41, 5.74) is 1.11. The van der Waals surface area contributed by atoms with Crippen LogP contribution in [0, 0.1) is 12.7 Å². The van der Waals surface area contributed by atoms with Crippen molar-refractivity contribution in [1.82, 2.24) is 0 Å². The molecule has 2 nitrogen and oxygen atoms in total. The summed E-state index contributed by atoms with van der Waals surface area (Å²) in [7, 11) is 0. The highest BCUT2D eigenvalue weighted by Gasteiger charge is 2.41. The van der Waals surface area contributed by atoms with Crippen LogP contribution < -0.4 is 0 Å². The molecule has 1 aromatic carbocycles. The van der Waals surface area contributed by atoms with Crippen LogP contribution in [0.5, 0.6) is 0 Å². The van der Waals surface area contributed by atoms with Crippen molar-refractivity contribution in [3.8, 4) is 0 Å². The van der Waals surface area contributed by atoms with E-state index in [-0.39, 0.29) is 18.0 Å². The predicted octanol–water partition coefficient (Wildman–Crippen LogP) is 3.60. The molecule has 0 spiro atoms. The fourth-order valence-corrected chi connectivity index (χ4v) is 2.89. The summed E-state index contributed by atoms with van der Waals surface area (Å²) in [5, 5.41) is 0. The van der Waals surface area contributed by atoms with Crippen LogP contribution in [0.4, 0.5) is 4.39 Å². The number of ketones is 1. The van der Waals surface area contributed by atoms with Gasteiger partial charge in [-0.25, -0.2) is 4.39 Å². The molecule has 0 atom stereocenters. The highest BCUT2D eigenvalue weighted by atomic mass is 19.1. The molecule has 0 aliphatic heterocycles. The molecule has 0 aromatic heterocycles. The zero-order valence-electron chi connectivity index (χ0n) is 11.7. The topological polar surface area (TPSA) is 26.3 Å². The number of benzene rings is 1. The Morgan fingerprint density at radius 2 is 2.05 bits per heavy atom. The van der Waals surface area contributed by atoms with E-state index < -0.39 is 5.60 Å². The summed E-state index contributed by atoms with van der Waals surface area (Å²) in [6.07, 6.45) is 3.94. The second-order valence-electron chi connectivity index (χ2n) is 5.31. The van der Waals surface area contributed by atoms with Crippen molar-refractivity contribution in [2.75, 3.05) is 6.61 Å². The molecule has 0 heterocycles. The van der Waals surface area contributed by atoms with Gasteiger partial charge in [0, 0.05) is 13.0 Å². The summed E-state index contributed by atoms with van der Waals surface area (Å²) in [6, 6.07) is 4.61. The summed E-state index contributed by atoms with van der Waals surface area (Å²) < 4.78 is 19.0. The summed E-state index contributed by atoms with van der Waals surface area (Å²) in [5.74, 6) is -0.189. The lowest BCUT2D eigenvalue weighted by atomic mass is 9.90. The lowest BCUT2D eigenvalue weighted by Crippen LogP contribution is -2.40. The maximum absolute atomic E-state index is 13.3. The van der Waals surface area contributed by atoms with E-state index in [1.54, 1.807) is 6.07 Å². The van der Waals surface area contributed by atoms with Crippen LogP contribution in [0.3, 0.4) is 0 Å². The Morgan fingerprint density at radius 3 is 2.68 bits per heavy atom. The molecule has 0 amide bonds. The van der Waals surface area contributed by atoms with Gasteiger partial charge in [0.2, 0.25) is 0 Å². The van der Waals surface area contributed by atoms with E-state index >= 15 is 0 Å². The Balaban J connectivity index is 2.17. The zero-order valence-corrected chi connectivity index (χ0v) is 11.7. The van der Waals surface area contributed by atoms with Gasteiger partial charge in [0.15, 0.2) is 5.78 Å². The van der Waals surface area contributed by atoms with Crippen molar-refractivity contribution in [2.24, 2.45) is 0 Å². The van der Waals surface area contributed by atoms with Crippen molar-refractivity contribution < 1.29 is 13.9 Å². The first kappa shape index (κ1) is 14.2. The number of hydrogen-bond donors (Lipinski definition) is 0. The molecule has 2 rings (SSSR count). The lowest BCUT2D eigenvalue weighted by Gasteiger charge is -2.27. The van der Waals surface area contributed by atoms with E-state index in [2.05, 4.69) is 0 Å². The third-order valence-corrected chi connectivity index (χ3v) is 4.00. The fraction of sp³-hybridized carbons (Fsp3) is 0.562. The number of hydrogen-bond acceptors (Lipinski definition) is 2. The Morgan fingerprint density at radius 1 is 1.37 bits per heavy atom. The van der Waals surface area contributed by atoms with Crippen LogP contribution in [0.25, 0.3) is 0 Å². The molecule has 1 aliphatic rings. The second kappa shape index (κ2) is 5.83. The monoisotopic (exact) mass is 264 g/mol.